The summed E-state index contributed by atoms with van der Waals surface area (Å²) in [7, 11) is -1.73. The van der Waals surface area contributed by atoms with Gasteiger partial charge >= 0.3 is 0 Å². The molecule has 0 aromatic carbocycles. The molecule has 2 aliphatic rings. The molecule has 0 aromatic rings. The van der Waals surface area contributed by atoms with Crippen molar-refractivity contribution in [3.63, 3.8) is 0 Å². The Bertz CT molecular complexity index is 405. The van der Waals surface area contributed by atoms with Gasteiger partial charge in [-0.15, -0.1) is 0 Å². The molecule has 1 aliphatic heterocycles. The van der Waals surface area contributed by atoms with Crippen LogP contribution in [0.4, 0.5) is 0 Å². The Kier molecular flexibility index (Phi) is 3.61. The maximum Gasteiger partial charge on any atom is 0.195 e. The van der Waals surface area contributed by atoms with E-state index in [-0.39, 0.29) is 16.9 Å². The van der Waals surface area contributed by atoms with E-state index in [0.717, 1.165) is 12.8 Å². The van der Waals surface area contributed by atoms with E-state index in [2.05, 4.69) is 59.5 Å². The van der Waals surface area contributed by atoms with Gasteiger partial charge in [0.25, 0.3) is 0 Å². The Morgan fingerprint density at radius 2 is 2.05 bits per heavy atom. The Labute approximate surface area is 119 Å². The molecule has 1 aliphatic carbocycles. The third-order valence-corrected chi connectivity index (χ3v) is 9.38. The van der Waals surface area contributed by atoms with Gasteiger partial charge in [-0.25, -0.2) is 0 Å². The van der Waals surface area contributed by atoms with E-state index in [4.69, 9.17) is 9.16 Å². The fourth-order valence-electron chi connectivity index (χ4n) is 2.28. The predicted octanol–water partition coefficient (Wildman–Crippen LogP) is 4.65. The highest BCUT2D eigenvalue weighted by atomic mass is 28.4. The first-order valence-electron chi connectivity index (χ1n) is 7.28. The van der Waals surface area contributed by atoms with Crippen molar-refractivity contribution in [1.82, 2.24) is 0 Å². The summed E-state index contributed by atoms with van der Waals surface area (Å²) < 4.78 is 12.2. The Balaban J connectivity index is 1.99. The average Bonchev–Trinajstić information content (AvgIpc) is 2.88. The third-order valence-electron chi connectivity index (χ3n) is 4.97. The molecule has 1 saturated heterocycles. The van der Waals surface area contributed by atoms with Crippen molar-refractivity contribution in [3.8, 4) is 0 Å². The first-order valence-corrected chi connectivity index (χ1v) is 10.2. The number of hydrogen-bond donors (Lipinski definition) is 0. The molecular formula is C16H28O2Si. The molecule has 19 heavy (non-hydrogen) atoms. The number of epoxide rings is 1. The lowest BCUT2D eigenvalue weighted by molar-refractivity contribution is 0.160. The van der Waals surface area contributed by atoms with Gasteiger partial charge in [0.15, 0.2) is 14.6 Å². The van der Waals surface area contributed by atoms with E-state index in [1.165, 1.54) is 5.57 Å². The topological polar surface area (TPSA) is 21.8 Å². The summed E-state index contributed by atoms with van der Waals surface area (Å²) >= 11 is 0. The number of allylic oxidation sites excluding steroid dienone is 2. The zero-order chi connectivity index (χ0) is 14.5. The standard InChI is InChI=1S/C16H28O2Si/c1-12(2)13-8-10-16(11-9-13)14(17-16)18-19(6,7)15(3,4)5/h8,10,13-14H,1,9,11H2,2-7H3/t13-,14?,16?/m0/s1. The summed E-state index contributed by atoms with van der Waals surface area (Å²) in [6.07, 6.45) is 6.63. The molecule has 3 atom stereocenters. The molecule has 0 aromatic heterocycles. The highest BCUT2D eigenvalue weighted by Gasteiger charge is 2.59. The molecule has 3 heteroatoms. The lowest BCUT2D eigenvalue weighted by Gasteiger charge is -2.36. The second-order valence-corrected chi connectivity index (χ2v) is 12.4. The average molecular weight is 280 g/mol. The van der Waals surface area contributed by atoms with Crippen molar-refractivity contribution in [2.75, 3.05) is 0 Å². The second kappa shape index (κ2) is 4.57. The van der Waals surface area contributed by atoms with Crippen LogP contribution in [0.5, 0.6) is 0 Å². The van der Waals surface area contributed by atoms with E-state index >= 15 is 0 Å². The molecule has 1 heterocycles. The Morgan fingerprint density at radius 3 is 2.47 bits per heavy atom. The van der Waals surface area contributed by atoms with Crippen LogP contribution >= 0.6 is 0 Å². The van der Waals surface area contributed by atoms with Crippen LogP contribution in [-0.2, 0) is 9.16 Å². The van der Waals surface area contributed by atoms with Crippen LogP contribution in [0.1, 0.15) is 40.5 Å². The van der Waals surface area contributed by atoms with Crippen molar-refractivity contribution in [1.29, 1.82) is 0 Å². The molecule has 0 N–H and O–H groups in total. The molecule has 2 nitrogen and oxygen atoms in total. The van der Waals surface area contributed by atoms with Crippen molar-refractivity contribution < 1.29 is 9.16 Å². The van der Waals surface area contributed by atoms with E-state index in [9.17, 15) is 0 Å². The molecule has 0 amide bonds. The Hall–Kier alpha value is -0.383. The quantitative estimate of drug-likeness (QED) is 0.426. The van der Waals surface area contributed by atoms with Crippen LogP contribution in [0, 0.1) is 5.92 Å². The maximum absolute atomic E-state index is 6.35. The van der Waals surface area contributed by atoms with Gasteiger partial charge in [-0.2, -0.15) is 0 Å². The molecule has 0 radical (unpaired) electrons. The summed E-state index contributed by atoms with van der Waals surface area (Å²) in [5.41, 5.74) is 1.12. The van der Waals surface area contributed by atoms with Crippen LogP contribution in [0.25, 0.3) is 0 Å². The van der Waals surface area contributed by atoms with Gasteiger partial charge in [-0.1, -0.05) is 45.1 Å². The van der Waals surface area contributed by atoms with E-state index < -0.39 is 8.32 Å². The van der Waals surface area contributed by atoms with E-state index in [1.54, 1.807) is 0 Å². The fraction of sp³-hybridized carbons (Fsp3) is 0.750. The van der Waals surface area contributed by atoms with Crippen molar-refractivity contribution in [2.45, 2.75) is 70.6 Å². The third kappa shape index (κ3) is 2.88. The van der Waals surface area contributed by atoms with Crippen molar-refractivity contribution >= 4 is 8.32 Å². The first kappa shape index (κ1) is 15.0. The van der Waals surface area contributed by atoms with Gasteiger partial charge in [0.2, 0.25) is 0 Å². The molecular weight excluding hydrogens is 252 g/mol. The fourth-order valence-corrected chi connectivity index (χ4v) is 3.41. The monoisotopic (exact) mass is 280 g/mol. The van der Waals surface area contributed by atoms with Crippen molar-refractivity contribution in [3.05, 3.63) is 24.3 Å². The molecule has 1 spiro atoms. The van der Waals surface area contributed by atoms with Crippen LogP contribution < -0.4 is 0 Å². The molecule has 108 valence electrons. The summed E-state index contributed by atoms with van der Waals surface area (Å²) in [5, 5.41) is 0.235. The smallest absolute Gasteiger partial charge is 0.195 e. The zero-order valence-corrected chi connectivity index (χ0v) is 14.2. The summed E-state index contributed by atoms with van der Waals surface area (Å²) in [5.74, 6) is 0.517. The summed E-state index contributed by atoms with van der Waals surface area (Å²) in [6, 6.07) is 0. The maximum atomic E-state index is 6.35. The minimum absolute atomic E-state index is 0.0179. The van der Waals surface area contributed by atoms with Crippen LogP contribution in [0.15, 0.2) is 24.3 Å². The molecule has 2 unspecified atom stereocenters. The largest absolute Gasteiger partial charge is 0.390 e. The normalized spacial score (nSPS) is 34.6. The zero-order valence-electron chi connectivity index (χ0n) is 13.2. The van der Waals surface area contributed by atoms with Gasteiger partial charge in [-0.3, -0.25) is 0 Å². The Morgan fingerprint density at radius 1 is 1.42 bits per heavy atom. The molecule has 1 fully saturated rings. The van der Waals surface area contributed by atoms with Crippen LogP contribution in [-0.4, -0.2) is 20.2 Å². The lowest BCUT2D eigenvalue weighted by atomic mass is 9.85. The second-order valence-electron chi connectivity index (χ2n) is 7.63. The highest BCUT2D eigenvalue weighted by molar-refractivity contribution is 6.74. The number of rotatable bonds is 3. The van der Waals surface area contributed by atoms with Crippen molar-refractivity contribution in [2.24, 2.45) is 5.92 Å². The van der Waals surface area contributed by atoms with Gasteiger partial charge in [0.1, 0.15) is 5.60 Å². The van der Waals surface area contributed by atoms with E-state index in [0.29, 0.717) is 5.92 Å². The van der Waals surface area contributed by atoms with Crippen LogP contribution in [0.3, 0.4) is 0 Å². The molecule has 0 bridgehead atoms. The minimum atomic E-state index is -1.73. The summed E-state index contributed by atoms with van der Waals surface area (Å²) in [4.78, 5) is 0. The number of hydrogen-bond acceptors (Lipinski definition) is 2. The molecule has 0 saturated carbocycles. The highest BCUT2D eigenvalue weighted by Crippen LogP contribution is 2.50. The lowest BCUT2D eigenvalue weighted by Crippen LogP contribution is -2.42. The predicted molar refractivity (Wildman–Crippen MR) is 82.6 cm³/mol. The minimum Gasteiger partial charge on any atom is -0.390 e. The van der Waals surface area contributed by atoms with Gasteiger partial charge in [0, 0.05) is 0 Å². The van der Waals surface area contributed by atoms with E-state index in [1.807, 2.05) is 0 Å². The van der Waals surface area contributed by atoms with Gasteiger partial charge < -0.3 is 9.16 Å². The van der Waals surface area contributed by atoms with Crippen LogP contribution in [0.2, 0.25) is 18.1 Å². The first-order chi connectivity index (χ1) is 8.57. The van der Waals surface area contributed by atoms with Gasteiger partial charge in [0.05, 0.1) is 0 Å². The number of ether oxygens (including phenoxy) is 1. The SMILES string of the molecule is C=C(C)[C@H]1C=CC2(CC1)OC2O[Si](C)(C)C(C)(C)C. The van der Waals surface area contributed by atoms with Gasteiger partial charge in [-0.05, 0) is 43.8 Å². The molecule has 2 rings (SSSR count). The summed E-state index contributed by atoms with van der Waals surface area (Å²) in [6.45, 7) is 17.5.